The number of nitrogens with one attached hydrogen (secondary N) is 1. The first-order chi connectivity index (χ1) is 20.3. The van der Waals surface area contributed by atoms with Crippen LogP contribution in [0.1, 0.15) is 18.1 Å². The van der Waals surface area contributed by atoms with Crippen LogP contribution in [0, 0.1) is 6.92 Å². The molecule has 1 saturated heterocycles. The molecule has 0 spiro atoms. The molecule has 42 heavy (non-hydrogen) atoms. The molecule has 2 heterocycles. The monoisotopic (exact) mass is 589 g/mol. The topological polar surface area (TPSA) is 113 Å². The van der Waals surface area contributed by atoms with Crippen LogP contribution in [0.25, 0.3) is 27.9 Å². The van der Waals surface area contributed by atoms with Gasteiger partial charge in [-0.25, -0.2) is 0 Å². The third-order valence-electron chi connectivity index (χ3n) is 6.35. The standard InChI is InChI=1S/C21H22O6.C11H9NO2S/c1-13-5-7-16-15(11-13)19(22)21(26-10-9-23-2)20(27-16)14-6-8-17(24-3)18(12-14)25-4;1-7(8-5-3-2-4-6-8)9-10(13)12-11(14)15-9/h5-8,11-12H,9-10H2,1-4H3;2-6H,1H3,(H,12,13,14)/b;9-7-. The quantitative estimate of drug-likeness (QED) is 0.189. The molecule has 1 aliphatic heterocycles. The molecule has 218 valence electrons. The van der Waals surface area contributed by atoms with Crippen LogP contribution in [0.5, 0.6) is 17.2 Å². The number of aryl methyl sites for hydroxylation is 1. The van der Waals surface area contributed by atoms with Crippen molar-refractivity contribution in [3.05, 3.63) is 93.0 Å². The second-order valence-electron chi connectivity index (χ2n) is 9.16. The summed E-state index contributed by atoms with van der Waals surface area (Å²) in [6.07, 6.45) is 0. The minimum absolute atomic E-state index is 0.150. The molecule has 10 heteroatoms. The van der Waals surface area contributed by atoms with Gasteiger partial charge in [-0.3, -0.25) is 19.7 Å². The molecule has 0 radical (unpaired) electrons. The van der Waals surface area contributed by atoms with Crippen LogP contribution < -0.4 is 25.0 Å². The number of carbonyl (C=O) groups excluding carboxylic acids is 2. The molecule has 0 atom stereocenters. The lowest BCUT2D eigenvalue weighted by Gasteiger charge is -2.13. The third kappa shape index (κ3) is 6.84. The van der Waals surface area contributed by atoms with E-state index in [4.69, 9.17) is 23.4 Å². The number of hydrogen-bond donors (Lipinski definition) is 1. The number of amides is 2. The normalized spacial score (nSPS) is 13.7. The molecular weight excluding hydrogens is 558 g/mol. The lowest BCUT2D eigenvalue weighted by molar-refractivity contribution is -0.115. The second-order valence-corrected chi connectivity index (χ2v) is 10.1. The molecule has 5 rings (SSSR count). The van der Waals surface area contributed by atoms with Crippen molar-refractivity contribution in [1.82, 2.24) is 5.32 Å². The lowest BCUT2D eigenvalue weighted by Crippen LogP contribution is -2.18. The number of rotatable bonds is 8. The first kappa shape index (κ1) is 30.4. The van der Waals surface area contributed by atoms with E-state index in [0.717, 1.165) is 28.5 Å². The molecule has 4 aromatic rings. The summed E-state index contributed by atoms with van der Waals surface area (Å²) < 4.78 is 27.5. The highest BCUT2D eigenvalue weighted by molar-refractivity contribution is 8.18. The Hall–Kier alpha value is -4.54. The summed E-state index contributed by atoms with van der Waals surface area (Å²) in [5.74, 6) is 1.31. The molecular formula is C32H31NO8S. The molecule has 1 N–H and O–H groups in total. The zero-order valence-corrected chi connectivity index (χ0v) is 24.8. The highest BCUT2D eigenvalue weighted by Gasteiger charge is 2.27. The van der Waals surface area contributed by atoms with Crippen LogP contribution in [0.2, 0.25) is 0 Å². The van der Waals surface area contributed by atoms with Gasteiger partial charge in [0.1, 0.15) is 12.2 Å². The summed E-state index contributed by atoms with van der Waals surface area (Å²) in [5, 5.41) is 2.42. The maximum atomic E-state index is 13.1. The van der Waals surface area contributed by atoms with Gasteiger partial charge in [0.05, 0.1) is 31.1 Å². The predicted molar refractivity (Wildman–Crippen MR) is 163 cm³/mol. The van der Waals surface area contributed by atoms with Crippen molar-refractivity contribution in [3.63, 3.8) is 0 Å². The van der Waals surface area contributed by atoms with Crippen molar-refractivity contribution in [2.75, 3.05) is 34.5 Å². The van der Waals surface area contributed by atoms with Crippen LogP contribution in [-0.4, -0.2) is 45.7 Å². The van der Waals surface area contributed by atoms with Gasteiger partial charge < -0.3 is 23.4 Å². The number of hydrogen-bond acceptors (Lipinski definition) is 9. The first-order valence-corrected chi connectivity index (χ1v) is 13.8. The van der Waals surface area contributed by atoms with Crippen molar-refractivity contribution >= 4 is 39.5 Å². The van der Waals surface area contributed by atoms with Crippen molar-refractivity contribution in [2.24, 2.45) is 0 Å². The average Bonchev–Trinajstić information content (AvgIpc) is 3.35. The van der Waals surface area contributed by atoms with Crippen LogP contribution >= 0.6 is 11.8 Å². The summed E-state index contributed by atoms with van der Waals surface area (Å²) in [6, 6.07) is 20.3. The van der Waals surface area contributed by atoms with Gasteiger partial charge in [-0.2, -0.15) is 0 Å². The molecule has 0 bridgehead atoms. The lowest BCUT2D eigenvalue weighted by atomic mass is 10.1. The maximum Gasteiger partial charge on any atom is 0.290 e. The van der Waals surface area contributed by atoms with Gasteiger partial charge in [-0.05, 0) is 67.1 Å². The van der Waals surface area contributed by atoms with E-state index >= 15 is 0 Å². The molecule has 1 fully saturated rings. The van der Waals surface area contributed by atoms with Crippen molar-refractivity contribution in [3.8, 4) is 28.6 Å². The third-order valence-corrected chi connectivity index (χ3v) is 7.33. The van der Waals surface area contributed by atoms with E-state index in [1.165, 1.54) is 0 Å². The van der Waals surface area contributed by atoms with Gasteiger partial charge in [-0.1, -0.05) is 42.0 Å². The molecule has 1 aromatic heterocycles. The molecule has 3 aromatic carbocycles. The minimum atomic E-state index is -0.301. The molecule has 0 aliphatic carbocycles. The van der Waals surface area contributed by atoms with Crippen LogP contribution in [0.3, 0.4) is 0 Å². The Morgan fingerprint density at radius 3 is 2.26 bits per heavy atom. The van der Waals surface area contributed by atoms with Gasteiger partial charge in [0.2, 0.25) is 11.2 Å². The fraction of sp³-hybridized carbons (Fsp3) is 0.219. The van der Waals surface area contributed by atoms with Gasteiger partial charge in [0, 0.05) is 12.7 Å². The Morgan fingerprint density at radius 1 is 0.881 bits per heavy atom. The number of thioether (sulfide) groups is 1. The molecule has 0 saturated carbocycles. The summed E-state index contributed by atoms with van der Waals surface area (Å²) in [6.45, 7) is 4.36. The zero-order chi connectivity index (χ0) is 30.2. The Labute approximate surface area is 247 Å². The number of ether oxygens (including phenoxy) is 4. The number of fused-ring (bicyclic) bond motifs is 1. The molecule has 0 unspecified atom stereocenters. The zero-order valence-electron chi connectivity index (χ0n) is 23.9. The van der Waals surface area contributed by atoms with E-state index < -0.39 is 0 Å². The van der Waals surface area contributed by atoms with E-state index in [9.17, 15) is 14.4 Å². The predicted octanol–water partition coefficient (Wildman–Crippen LogP) is 6.21. The van der Waals surface area contributed by atoms with Crippen molar-refractivity contribution in [2.45, 2.75) is 13.8 Å². The Balaban J connectivity index is 0.000000227. The summed E-state index contributed by atoms with van der Waals surface area (Å²) in [7, 11) is 4.69. The van der Waals surface area contributed by atoms with Crippen LogP contribution in [-0.2, 0) is 9.53 Å². The number of carbonyl (C=O) groups is 2. The number of allylic oxidation sites excluding steroid dienone is 1. The Bertz CT molecular complexity index is 1690. The maximum absolute atomic E-state index is 13.1. The van der Waals surface area contributed by atoms with Crippen LogP contribution in [0.15, 0.2) is 80.8 Å². The summed E-state index contributed by atoms with van der Waals surface area (Å²) >= 11 is 0.957. The van der Waals surface area contributed by atoms with Gasteiger partial charge in [0.15, 0.2) is 17.3 Å². The van der Waals surface area contributed by atoms with E-state index in [2.05, 4.69) is 5.32 Å². The first-order valence-electron chi connectivity index (χ1n) is 13.0. The number of imide groups is 1. The SMILES string of the molecule is C/C(=C1/SC(=O)NC1=O)c1ccccc1.COCCOc1c(-c2ccc(OC)c(OC)c2)oc2ccc(C)cc2c1=O. The minimum Gasteiger partial charge on any atom is -0.493 e. The fourth-order valence-corrected chi connectivity index (χ4v) is 4.94. The summed E-state index contributed by atoms with van der Waals surface area (Å²) in [5.41, 5.74) is 3.69. The second kappa shape index (κ2) is 13.9. The van der Waals surface area contributed by atoms with Crippen molar-refractivity contribution < 1.29 is 33.0 Å². The molecule has 2 amide bonds. The fourth-order valence-electron chi connectivity index (χ4n) is 4.20. The van der Waals surface area contributed by atoms with Crippen LogP contribution in [0.4, 0.5) is 4.79 Å². The van der Waals surface area contributed by atoms with E-state index in [0.29, 0.717) is 45.3 Å². The van der Waals surface area contributed by atoms with Gasteiger partial charge in [0.25, 0.3) is 11.1 Å². The van der Waals surface area contributed by atoms with E-state index in [1.807, 2.05) is 50.2 Å². The van der Waals surface area contributed by atoms with Gasteiger partial charge >= 0.3 is 0 Å². The Morgan fingerprint density at radius 2 is 1.62 bits per heavy atom. The highest BCUT2D eigenvalue weighted by Crippen LogP contribution is 2.37. The smallest absolute Gasteiger partial charge is 0.290 e. The van der Waals surface area contributed by atoms with E-state index in [1.54, 1.807) is 51.7 Å². The largest absolute Gasteiger partial charge is 0.493 e. The number of methoxy groups -OCH3 is 3. The van der Waals surface area contributed by atoms with Gasteiger partial charge in [-0.15, -0.1) is 0 Å². The average molecular weight is 590 g/mol. The van der Waals surface area contributed by atoms with Crippen molar-refractivity contribution in [1.29, 1.82) is 0 Å². The summed E-state index contributed by atoms with van der Waals surface area (Å²) in [4.78, 5) is 35.9. The Kier molecular flexibility index (Phi) is 10.1. The van der Waals surface area contributed by atoms with E-state index in [-0.39, 0.29) is 28.9 Å². The molecule has 1 aliphatic rings. The molecule has 9 nitrogen and oxygen atoms in total. The number of benzene rings is 3. The highest BCUT2D eigenvalue weighted by atomic mass is 32.2.